The molecule has 2 N–H and O–H groups in total. The highest BCUT2D eigenvalue weighted by molar-refractivity contribution is 5.81. The van der Waals surface area contributed by atoms with Gasteiger partial charge in [-0.25, -0.2) is 9.18 Å². The standard InChI is InChI=1S/C16H22FN3O3/c1-16(2,3)23-15(22)19-12-6-7-20(9-12)14-5-4-11(17)8-13(14)18-10-21/h4-5,8,10,12H,6-7,9H2,1-3H3,(H,18,21)(H,19,22). The van der Waals surface area contributed by atoms with Gasteiger partial charge in [0.2, 0.25) is 6.41 Å². The number of ether oxygens (including phenoxy) is 1. The van der Waals surface area contributed by atoms with E-state index in [-0.39, 0.29) is 6.04 Å². The van der Waals surface area contributed by atoms with Crippen LogP contribution in [0.2, 0.25) is 0 Å². The highest BCUT2D eigenvalue weighted by atomic mass is 19.1. The fourth-order valence-corrected chi connectivity index (χ4v) is 2.53. The van der Waals surface area contributed by atoms with Crippen LogP contribution < -0.4 is 15.5 Å². The maximum absolute atomic E-state index is 13.3. The molecule has 126 valence electrons. The molecule has 2 rings (SSSR count). The van der Waals surface area contributed by atoms with Gasteiger partial charge in [-0.2, -0.15) is 0 Å². The molecule has 0 bridgehead atoms. The van der Waals surface area contributed by atoms with E-state index in [9.17, 15) is 14.0 Å². The first-order chi connectivity index (χ1) is 10.8. The van der Waals surface area contributed by atoms with Gasteiger partial charge in [-0.15, -0.1) is 0 Å². The van der Waals surface area contributed by atoms with Crippen LogP contribution in [0.1, 0.15) is 27.2 Å². The Hall–Kier alpha value is -2.31. The Morgan fingerprint density at radius 1 is 1.43 bits per heavy atom. The number of hydrogen-bond acceptors (Lipinski definition) is 4. The molecule has 6 nitrogen and oxygen atoms in total. The first-order valence-electron chi connectivity index (χ1n) is 7.52. The van der Waals surface area contributed by atoms with Crippen molar-refractivity contribution < 1.29 is 18.7 Å². The number of alkyl carbamates (subject to hydrolysis) is 1. The summed E-state index contributed by atoms with van der Waals surface area (Å²) in [6.07, 6.45) is 0.816. The molecule has 1 aromatic rings. The third kappa shape index (κ3) is 4.84. The predicted molar refractivity (Wildman–Crippen MR) is 86.1 cm³/mol. The van der Waals surface area contributed by atoms with Crippen LogP contribution in [-0.4, -0.2) is 37.2 Å². The average molecular weight is 323 g/mol. The highest BCUT2D eigenvalue weighted by Crippen LogP contribution is 2.29. The van der Waals surface area contributed by atoms with E-state index < -0.39 is 17.5 Å². The monoisotopic (exact) mass is 323 g/mol. The zero-order valence-corrected chi connectivity index (χ0v) is 13.6. The fourth-order valence-electron chi connectivity index (χ4n) is 2.53. The summed E-state index contributed by atoms with van der Waals surface area (Å²) in [7, 11) is 0. The molecule has 0 spiro atoms. The Balaban J connectivity index is 2.00. The normalized spacial score (nSPS) is 17.7. The van der Waals surface area contributed by atoms with E-state index in [2.05, 4.69) is 10.6 Å². The number of nitrogens with one attached hydrogen (secondary N) is 2. The number of amides is 2. The number of nitrogens with zero attached hydrogens (tertiary/aromatic N) is 1. The van der Waals surface area contributed by atoms with Gasteiger partial charge in [0.25, 0.3) is 0 Å². The summed E-state index contributed by atoms with van der Waals surface area (Å²) in [6, 6.07) is 4.19. The molecule has 0 radical (unpaired) electrons. The predicted octanol–water partition coefficient (Wildman–Crippen LogP) is 2.50. The van der Waals surface area contributed by atoms with Crippen LogP contribution in [0.4, 0.5) is 20.6 Å². The lowest BCUT2D eigenvalue weighted by atomic mass is 10.2. The van der Waals surface area contributed by atoms with Crippen molar-refractivity contribution in [1.29, 1.82) is 0 Å². The number of hydrogen-bond donors (Lipinski definition) is 2. The quantitative estimate of drug-likeness (QED) is 0.835. The zero-order chi connectivity index (χ0) is 17.0. The fraction of sp³-hybridized carbons (Fsp3) is 0.500. The van der Waals surface area contributed by atoms with E-state index in [1.807, 2.05) is 25.7 Å². The first kappa shape index (κ1) is 17.1. The van der Waals surface area contributed by atoms with Crippen molar-refractivity contribution in [3.05, 3.63) is 24.0 Å². The summed E-state index contributed by atoms with van der Waals surface area (Å²) in [6.45, 7) is 6.69. The molecule has 1 unspecified atom stereocenters. The summed E-state index contributed by atoms with van der Waals surface area (Å²) in [5.41, 5.74) is 0.602. The van der Waals surface area contributed by atoms with E-state index in [0.29, 0.717) is 25.2 Å². The van der Waals surface area contributed by atoms with Gasteiger partial charge >= 0.3 is 6.09 Å². The second kappa shape index (κ2) is 6.85. The van der Waals surface area contributed by atoms with Gasteiger partial charge in [-0.3, -0.25) is 4.79 Å². The molecule has 1 aliphatic heterocycles. The van der Waals surface area contributed by atoms with E-state index in [1.165, 1.54) is 12.1 Å². The molecule has 7 heteroatoms. The summed E-state index contributed by atoms with van der Waals surface area (Å²) in [4.78, 5) is 24.5. The highest BCUT2D eigenvalue weighted by Gasteiger charge is 2.27. The van der Waals surface area contributed by atoms with Gasteiger partial charge in [-0.1, -0.05) is 0 Å². The van der Waals surface area contributed by atoms with Crippen LogP contribution in [0.5, 0.6) is 0 Å². The summed E-state index contributed by atoms with van der Waals surface area (Å²) in [5.74, 6) is -0.416. The van der Waals surface area contributed by atoms with E-state index >= 15 is 0 Å². The Morgan fingerprint density at radius 3 is 2.83 bits per heavy atom. The van der Waals surface area contributed by atoms with Crippen LogP contribution >= 0.6 is 0 Å². The van der Waals surface area contributed by atoms with Gasteiger partial charge in [0.1, 0.15) is 11.4 Å². The molecule has 23 heavy (non-hydrogen) atoms. The van der Waals surface area contributed by atoms with Crippen molar-refractivity contribution in [2.24, 2.45) is 0 Å². The lowest BCUT2D eigenvalue weighted by molar-refractivity contribution is -0.105. The Labute approximate surface area is 135 Å². The number of carbonyl (C=O) groups excluding carboxylic acids is 2. The third-order valence-electron chi connectivity index (χ3n) is 3.42. The molecule has 1 fully saturated rings. The molecule has 1 aliphatic rings. The topological polar surface area (TPSA) is 70.7 Å². The second-order valence-electron chi connectivity index (χ2n) is 6.50. The van der Waals surface area contributed by atoms with Crippen molar-refractivity contribution in [3.8, 4) is 0 Å². The molecule has 2 amide bonds. The Kier molecular flexibility index (Phi) is 5.08. The number of carbonyl (C=O) groups is 2. The molecule has 1 heterocycles. The van der Waals surface area contributed by atoms with Gasteiger partial charge in [-0.05, 0) is 45.4 Å². The van der Waals surface area contributed by atoms with Crippen LogP contribution in [0.25, 0.3) is 0 Å². The molecular weight excluding hydrogens is 301 g/mol. The molecule has 0 saturated carbocycles. The minimum Gasteiger partial charge on any atom is -0.444 e. The number of rotatable bonds is 4. The van der Waals surface area contributed by atoms with Crippen molar-refractivity contribution >= 4 is 23.9 Å². The van der Waals surface area contributed by atoms with Gasteiger partial charge < -0.3 is 20.3 Å². The summed E-state index contributed by atoms with van der Waals surface area (Å²) in [5, 5.41) is 5.34. The van der Waals surface area contributed by atoms with Crippen molar-refractivity contribution in [1.82, 2.24) is 5.32 Å². The van der Waals surface area contributed by atoms with E-state index in [4.69, 9.17) is 4.74 Å². The van der Waals surface area contributed by atoms with Crippen LogP contribution in [-0.2, 0) is 9.53 Å². The van der Waals surface area contributed by atoms with E-state index in [1.54, 1.807) is 6.07 Å². The largest absolute Gasteiger partial charge is 0.444 e. The molecule has 1 aromatic carbocycles. The minimum atomic E-state index is -0.541. The minimum absolute atomic E-state index is 0.0565. The van der Waals surface area contributed by atoms with E-state index in [0.717, 1.165) is 12.1 Å². The number of anilines is 2. The van der Waals surface area contributed by atoms with Crippen molar-refractivity contribution in [2.45, 2.75) is 38.8 Å². The second-order valence-corrected chi connectivity index (χ2v) is 6.50. The lowest BCUT2D eigenvalue weighted by Gasteiger charge is -2.23. The zero-order valence-electron chi connectivity index (χ0n) is 13.6. The molecule has 1 saturated heterocycles. The Morgan fingerprint density at radius 2 is 2.17 bits per heavy atom. The van der Waals surface area contributed by atoms with Crippen LogP contribution in [0, 0.1) is 5.82 Å². The lowest BCUT2D eigenvalue weighted by Crippen LogP contribution is -2.40. The third-order valence-corrected chi connectivity index (χ3v) is 3.42. The molecule has 0 aliphatic carbocycles. The van der Waals surface area contributed by atoms with Crippen LogP contribution in [0.3, 0.4) is 0 Å². The SMILES string of the molecule is CC(C)(C)OC(=O)NC1CCN(c2ccc(F)cc2NC=O)C1. The Bertz CT molecular complexity index is 586. The molecule has 0 aromatic heterocycles. The molecular formula is C16H22FN3O3. The van der Waals surface area contributed by atoms with Gasteiger partial charge in [0, 0.05) is 13.1 Å². The molecule has 1 atom stereocenters. The first-order valence-corrected chi connectivity index (χ1v) is 7.52. The van der Waals surface area contributed by atoms with Crippen molar-refractivity contribution in [2.75, 3.05) is 23.3 Å². The maximum atomic E-state index is 13.3. The number of benzene rings is 1. The van der Waals surface area contributed by atoms with Gasteiger partial charge in [0.15, 0.2) is 0 Å². The maximum Gasteiger partial charge on any atom is 0.407 e. The smallest absolute Gasteiger partial charge is 0.407 e. The van der Waals surface area contributed by atoms with Gasteiger partial charge in [0.05, 0.1) is 17.4 Å². The van der Waals surface area contributed by atoms with Crippen LogP contribution in [0.15, 0.2) is 18.2 Å². The summed E-state index contributed by atoms with van der Waals surface area (Å²) >= 11 is 0. The van der Waals surface area contributed by atoms with Crippen molar-refractivity contribution in [3.63, 3.8) is 0 Å². The summed E-state index contributed by atoms with van der Waals surface area (Å²) < 4.78 is 18.6. The average Bonchev–Trinajstić information content (AvgIpc) is 2.85. The number of halogens is 1.